The number of ether oxygens (including phenoxy) is 3. The van der Waals surface area contributed by atoms with E-state index < -0.39 is 6.10 Å². The lowest BCUT2D eigenvalue weighted by Crippen LogP contribution is -2.30. The summed E-state index contributed by atoms with van der Waals surface area (Å²) < 4.78 is 16.9. The zero-order valence-corrected chi connectivity index (χ0v) is 49.0. The van der Waals surface area contributed by atoms with Crippen molar-refractivity contribution in [3.05, 3.63) is 0 Å². The Hall–Kier alpha value is -1.59. The monoisotopic (exact) mass is 1000 g/mol. The summed E-state index contributed by atoms with van der Waals surface area (Å²) in [6.07, 6.45) is 61.1. The van der Waals surface area contributed by atoms with Crippen LogP contribution in [-0.2, 0) is 28.6 Å². The molecule has 0 aromatic carbocycles. The second kappa shape index (κ2) is 56.1. The molecule has 71 heavy (non-hydrogen) atoms. The smallest absolute Gasteiger partial charge is 0.306 e. The molecule has 422 valence electrons. The third kappa shape index (κ3) is 56.0. The minimum Gasteiger partial charge on any atom is -0.462 e. The molecule has 0 radical (unpaired) electrons. The zero-order valence-electron chi connectivity index (χ0n) is 49.0. The molecule has 0 aromatic heterocycles. The van der Waals surface area contributed by atoms with E-state index in [9.17, 15) is 14.4 Å². The van der Waals surface area contributed by atoms with E-state index in [4.69, 9.17) is 14.2 Å². The van der Waals surface area contributed by atoms with Gasteiger partial charge in [0.15, 0.2) is 6.10 Å². The van der Waals surface area contributed by atoms with E-state index in [0.717, 1.165) is 75.5 Å². The van der Waals surface area contributed by atoms with Gasteiger partial charge in [0.2, 0.25) is 0 Å². The predicted octanol–water partition coefficient (Wildman–Crippen LogP) is 21.5. The van der Waals surface area contributed by atoms with Crippen LogP contribution in [0.5, 0.6) is 0 Å². The number of esters is 3. The van der Waals surface area contributed by atoms with E-state index in [0.29, 0.717) is 19.3 Å². The fourth-order valence-electron chi connectivity index (χ4n) is 10.00. The summed E-state index contributed by atoms with van der Waals surface area (Å²) in [5.74, 6) is 1.74. The number of hydrogen-bond donors (Lipinski definition) is 0. The highest BCUT2D eigenvalue weighted by Gasteiger charge is 2.19. The molecule has 0 saturated carbocycles. The number of rotatable bonds is 58. The number of hydrogen-bond acceptors (Lipinski definition) is 6. The topological polar surface area (TPSA) is 78.9 Å². The van der Waals surface area contributed by atoms with E-state index in [-0.39, 0.29) is 31.1 Å². The second-order valence-corrected chi connectivity index (χ2v) is 23.4. The van der Waals surface area contributed by atoms with E-state index >= 15 is 0 Å². The number of unbranched alkanes of at least 4 members (excludes halogenated alkanes) is 39. The van der Waals surface area contributed by atoms with Gasteiger partial charge in [-0.2, -0.15) is 0 Å². The van der Waals surface area contributed by atoms with Crippen LogP contribution in [0.4, 0.5) is 0 Å². The summed E-state index contributed by atoms with van der Waals surface area (Å²) >= 11 is 0. The Balaban J connectivity index is 4.19. The quantitative estimate of drug-likeness (QED) is 0.0343. The highest BCUT2D eigenvalue weighted by molar-refractivity contribution is 5.71. The van der Waals surface area contributed by atoms with E-state index in [1.807, 2.05) is 0 Å². The van der Waals surface area contributed by atoms with Gasteiger partial charge in [0, 0.05) is 19.3 Å². The Kier molecular flexibility index (Phi) is 54.9. The first-order valence-electron chi connectivity index (χ1n) is 32.2. The Morgan fingerprint density at radius 1 is 0.282 bits per heavy atom. The molecule has 0 aromatic rings. The molecule has 0 fully saturated rings. The van der Waals surface area contributed by atoms with Crippen LogP contribution >= 0.6 is 0 Å². The summed E-state index contributed by atoms with van der Waals surface area (Å²) in [5.41, 5.74) is 0. The molecule has 0 spiro atoms. The average molecular weight is 1000 g/mol. The van der Waals surface area contributed by atoms with Crippen molar-refractivity contribution in [3.8, 4) is 0 Å². The lowest BCUT2D eigenvalue weighted by atomic mass is 9.99. The van der Waals surface area contributed by atoms with Gasteiger partial charge in [0.1, 0.15) is 13.2 Å². The maximum atomic E-state index is 12.9. The van der Waals surface area contributed by atoms with Crippen molar-refractivity contribution in [2.24, 2.45) is 17.8 Å². The van der Waals surface area contributed by atoms with Gasteiger partial charge < -0.3 is 14.2 Å². The van der Waals surface area contributed by atoms with Crippen LogP contribution in [0.15, 0.2) is 0 Å². The van der Waals surface area contributed by atoms with Crippen LogP contribution in [0.3, 0.4) is 0 Å². The standard InChI is InChI=1S/C65H126O6/c1-7-60(5)52-46-40-34-30-26-22-18-14-10-12-16-20-24-28-32-36-44-50-56-65(68)71-62(58-70-64(67)55-49-43-38-37-41-47-53-61(6)8-2)57-69-63(66)54-48-42-35-31-27-23-19-15-11-9-13-17-21-25-29-33-39-45-51-59(3)4/h59-62H,7-58H2,1-6H3/t60?,61?,62-/m1/s1. The first-order chi connectivity index (χ1) is 34.7. The maximum absolute atomic E-state index is 12.9. The number of carbonyl (C=O) groups excluding carboxylic acids is 3. The second-order valence-electron chi connectivity index (χ2n) is 23.4. The molecule has 0 aliphatic heterocycles. The van der Waals surface area contributed by atoms with Crippen molar-refractivity contribution in [1.29, 1.82) is 0 Å². The van der Waals surface area contributed by atoms with Gasteiger partial charge in [-0.25, -0.2) is 0 Å². The Morgan fingerprint density at radius 2 is 0.493 bits per heavy atom. The highest BCUT2D eigenvalue weighted by atomic mass is 16.6. The lowest BCUT2D eigenvalue weighted by Gasteiger charge is -2.18. The average Bonchev–Trinajstić information content (AvgIpc) is 3.36. The highest BCUT2D eigenvalue weighted by Crippen LogP contribution is 2.20. The molecule has 0 amide bonds. The van der Waals surface area contributed by atoms with Gasteiger partial charge in [-0.3, -0.25) is 14.4 Å². The number of carbonyl (C=O) groups is 3. The molecule has 0 rings (SSSR count). The summed E-state index contributed by atoms with van der Waals surface area (Å²) in [6.45, 7) is 13.8. The molecule has 6 heteroatoms. The van der Waals surface area contributed by atoms with Crippen LogP contribution in [0.25, 0.3) is 0 Å². The third-order valence-electron chi connectivity index (χ3n) is 15.6. The van der Waals surface area contributed by atoms with Crippen LogP contribution in [0, 0.1) is 17.8 Å². The van der Waals surface area contributed by atoms with Crippen molar-refractivity contribution in [2.45, 2.75) is 369 Å². The van der Waals surface area contributed by atoms with Gasteiger partial charge >= 0.3 is 17.9 Å². The van der Waals surface area contributed by atoms with Crippen molar-refractivity contribution in [1.82, 2.24) is 0 Å². The minimum absolute atomic E-state index is 0.0635. The molecular formula is C65H126O6. The van der Waals surface area contributed by atoms with Crippen molar-refractivity contribution >= 4 is 17.9 Å². The van der Waals surface area contributed by atoms with Gasteiger partial charge in [-0.1, -0.05) is 324 Å². The Morgan fingerprint density at radius 3 is 0.732 bits per heavy atom. The van der Waals surface area contributed by atoms with Crippen molar-refractivity contribution < 1.29 is 28.6 Å². The molecule has 2 unspecified atom stereocenters. The Bertz CT molecular complexity index is 1110. The molecule has 3 atom stereocenters. The molecular weight excluding hydrogens is 877 g/mol. The summed E-state index contributed by atoms with van der Waals surface area (Å²) in [5, 5.41) is 0. The van der Waals surface area contributed by atoms with Gasteiger partial charge in [0.05, 0.1) is 0 Å². The molecule has 0 aliphatic carbocycles. The fraction of sp³-hybridized carbons (Fsp3) is 0.954. The minimum atomic E-state index is -0.765. The van der Waals surface area contributed by atoms with E-state index in [1.165, 1.54) is 244 Å². The summed E-state index contributed by atoms with van der Waals surface area (Å²) in [7, 11) is 0. The first kappa shape index (κ1) is 69.4. The van der Waals surface area contributed by atoms with Crippen LogP contribution in [-0.4, -0.2) is 37.2 Å². The molecule has 0 bridgehead atoms. The maximum Gasteiger partial charge on any atom is 0.306 e. The molecule has 0 heterocycles. The van der Waals surface area contributed by atoms with E-state index in [1.54, 1.807) is 0 Å². The van der Waals surface area contributed by atoms with Gasteiger partial charge in [0.25, 0.3) is 0 Å². The summed E-state index contributed by atoms with van der Waals surface area (Å²) in [4.78, 5) is 38.2. The third-order valence-corrected chi connectivity index (χ3v) is 15.6. The SMILES string of the molecule is CCC(C)CCCCCCCCCCCCCCCCCCCCC(=O)O[C@H](COC(=O)CCCCCCCCCCCCCCCCCCCCC(C)C)COC(=O)CCCCCCCCC(C)CC. The molecule has 6 nitrogen and oxygen atoms in total. The van der Waals surface area contributed by atoms with Gasteiger partial charge in [-0.15, -0.1) is 0 Å². The molecule has 0 saturated heterocycles. The normalized spacial score (nSPS) is 12.9. The molecule has 0 aliphatic rings. The fourth-order valence-corrected chi connectivity index (χ4v) is 10.00. The predicted molar refractivity (Wildman–Crippen MR) is 307 cm³/mol. The lowest BCUT2D eigenvalue weighted by molar-refractivity contribution is -0.167. The van der Waals surface area contributed by atoms with Crippen LogP contribution < -0.4 is 0 Å². The molecule has 0 N–H and O–H groups in total. The Labute approximate surface area is 444 Å². The first-order valence-corrected chi connectivity index (χ1v) is 32.2. The van der Waals surface area contributed by atoms with Crippen molar-refractivity contribution in [3.63, 3.8) is 0 Å². The zero-order chi connectivity index (χ0) is 51.9. The van der Waals surface area contributed by atoms with Crippen LogP contribution in [0.2, 0.25) is 0 Å². The largest absolute Gasteiger partial charge is 0.462 e. The van der Waals surface area contributed by atoms with Crippen molar-refractivity contribution in [2.75, 3.05) is 13.2 Å². The van der Waals surface area contributed by atoms with E-state index in [2.05, 4.69) is 41.5 Å². The summed E-state index contributed by atoms with van der Waals surface area (Å²) in [6, 6.07) is 0. The van der Waals surface area contributed by atoms with Crippen LogP contribution in [0.1, 0.15) is 363 Å². The van der Waals surface area contributed by atoms with Gasteiger partial charge in [-0.05, 0) is 37.0 Å².